The van der Waals surface area contributed by atoms with E-state index in [1.54, 1.807) is 13.3 Å². The number of aryl methyl sites for hydroxylation is 2. The van der Waals surface area contributed by atoms with Crippen LogP contribution in [0.5, 0.6) is 11.6 Å². The van der Waals surface area contributed by atoms with Crippen molar-refractivity contribution in [2.75, 3.05) is 7.11 Å². The summed E-state index contributed by atoms with van der Waals surface area (Å²) in [6, 6.07) is 15.9. The van der Waals surface area contributed by atoms with E-state index >= 15 is 0 Å². The van der Waals surface area contributed by atoms with Crippen molar-refractivity contribution < 1.29 is 9.47 Å². The van der Waals surface area contributed by atoms with E-state index in [1.165, 1.54) is 0 Å². The Bertz CT molecular complexity index is 815. The highest BCUT2D eigenvalue weighted by Crippen LogP contribution is 2.33. The van der Waals surface area contributed by atoms with Crippen LogP contribution < -0.4 is 9.47 Å². The van der Waals surface area contributed by atoms with Gasteiger partial charge in [0.15, 0.2) is 0 Å². The average molecular weight is 320 g/mol. The third-order valence-electron chi connectivity index (χ3n) is 3.76. The molecule has 0 unspecified atom stereocenters. The van der Waals surface area contributed by atoms with E-state index < -0.39 is 0 Å². The van der Waals surface area contributed by atoms with Crippen molar-refractivity contribution in [2.24, 2.45) is 0 Å². The molecule has 0 amide bonds. The van der Waals surface area contributed by atoms with Crippen LogP contribution in [-0.4, -0.2) is 17.1 Å². The fourth-order valence-electron chi connectivity index (χ4n) is 2.64. The summed E-state index contributed by atoms with van der Waals surface area (Å²) in [6.45, 7) is 4.47. The van der Waals surface area contributed by atoms with Gasteiger partial charge in [0.05, 0.1) is 7.11 Å². The van der Waals surface area contributed by atoms with E-state index in [-0.39, 0.29) is 0 Å². The number of benzene rings is 1. The van der Waals surface area contributed by atoms with Crippen molar-refractivity contribution >= 4 is 0 Å². The molecule has 2 aromatic heterocycles. The molecule has 0 saturated heterocycles. The van der Waals surface area contributed by atoms with Gasteiger partial charge >= 0.3 is 0 Å². The van der Waals surface area contributed by atoms with Crippen LogP contribution in [0.25, 0.3) is 11.1 Å². The van der Waals surface area contributed by atoms with Crippen molar-refractivity contribution in [3.63, 3.8) is 0 Å². The van der Waals surface area contributed by atoms with Crippen molar-refractivity contribution in [2.45, 2.75) is 20.5 Å². The van der Waals surface area contributed by atoms with Crippen LogP contribution >= 0.6 is 0 Å². The molecule has 0 N–H and O–H groups in total. The molecule has 0 bridgehead atoms. The van der Waals surface area contributed by atoms with Crippen LogP contribution in [0.3, 0.4) is 0 Å². The van der Waals surface area contributed by atoms with Crippen molar-refractivity contribution in [1.29, 1.82) is 0 Å². The van der Waals surface area contributed by atoms with Gasteiger partial charge in [-0.2, -0.15) is 0 Å². The summed E-state index contributed by atoms with van der Waals surface area (Å²) in [5, 5.41) is 0. The summed E-state index contributed by atoms with van der Waals surface area (Å²) < 4.78 is 11.2. The van der Waals surface area contributed by atoms with Gasteiger partial charge in [-0.3, -0.25) is 4.98 Å². The SMILES string of the molecule is COc1ccc(-c2c(OCc3ccccc3)cc(C)nc2C)cn1. The van der Waals surface area contributed by atoms with Gasteiger partial charge in [-0.05, 0) is 25.5 Å². The van der Waals surface area contributed by atoms with E-state index in [0.717, 1.165) is 33.8 Å². The Hall–Kier alpha value is -2.88. The second-order valence-corrected chi connectivity index (χ2v) is 5.59. The molecule has 0 saturated carbocycles. The number of pyridine rings is 2. The van der Waals surface area contributed by atoms with Gasteiger partial charge < -0.3 is 9.47 Å². The lowest BCUT2D eigenvalue weighted by atomic mass is 10.0. The number of rotatable bonds is 5. The molecule has 0 aliphatic rings. The lowest BCUT2D eigenvalue weighted by molar-refractivity contribution is 0.306. The summed E-state index contributed by atoms with van der Waals surface area (Å²) in [5.41, 5.74) is 4.91. The molecule has 4 heteroatoms. The second-order valence-electron chi connectivity index (χ2n) is 5.59. The lowest BCUT2D eigenvalue weighted by Gasteiger charge is -2.15. The number of ether oxygens (including phenoxy) is 2. The number of aromatic nitrogens is 2. The standard InChI is InChI=1S/C20H20N2O2/c1-14-11-18(24-13-16-7-5-4-6-8-16)20(15(2)22-14)17-9-10-19(23-3)21-12-17/h4-12H,13H2,1-3H3. The minimum absolute atomic E-state index is 0.514. The molecule has 0 fully saturated rings. The smallest absolute Gasteiger partial charge is 0.212 e. The Kier molecular flexibility index (Phi) is 4.75. The Balaban J connectivity index is 1.95. The Labute approximate surface area is 142 Å². The number of nitrogens with zero attached hydrogens (tertiary/aromatic N) is 2. The average Bonchev–Trinajstić information content (AvgIpc) is 2.60. The van der Waals surface area contributed by atoms with Crippen LogP contribution in [0.2, 0.25) is 0 Å². The first-order chi connectivity index (χ1) is 11.7. The van der Waals surface area contributed by atoms with Crippen LogP contribution in [0.4, 0.5) is 0 Å². The zero-order chi connectivity index (χ0) is 16.9. The maximum Gasteiger partial charge on any atom is 0.212 e. The monoisotopic (exact) mass is 320 g/mol. The minimum atomic E-state index is 0.514. The molecule has 0 aliphatic heterocycles. The van der Waals surface area contributed by atoms with Crippen LogP contribution in [0.15, 0.2) is 54.7 Å². The molecule has 3 rings (SSSR count). The Morgan fingerprint density at radius 2 is 1.79 bits per heavy atom. The fourth-order valence-corrected chi connectivity index (χ4v) is 2.64. The first-order valence-electron chi connectivity index (χ1n) is 7.83. The molecule has 0 radical (unpaired) electrons. The molecule has 0 aliphatic carbocycles. The summed E-state index contributed by atoms with van der Waals surface area (Å²) in [4.78, 5) is 8.86. The highest BCUT2D eigenvalue weighted by atomic mass is 16.5. The first-order valence-corrected chi connectivity index (χ1v) is 7.83. The van der Waals surface area contributed by atoms with Gasteiger partial charge in [-0.15, -0.1) is 0 Å². The van der Waals surface area contributed by atoms with E-state index in [4.69, 9.17) is 9.47 Å². The van der Waals surface area contributed by atoms with Gasteiger partial charge in [0, 0.05) is 40.8 Å². The molecule has 3 aromatic rings. The molecule has 4 nitrogen and oxygen atoms in total. The molecule has 1 aromatic carbocycles. The predicted molar refractivity (Wildman–Crippen MR) is 94.3 cm³/mol. The lowest BCUT2D eigenvalue weighted by Crippen LogP contribution is -2.01. The van der Waals surface area contributed by atoms with E-state index in [0.29, 0.717) is 12.5 Å². The van der Waals surface area contributed by atoms with Crippen LogP contribution in [-0.2, 0) is 6.61 Å². The van der Waals surface area contributed by atoms with E-state index in [1.807, 2.05) is 50.2 Å². The van der Waals surface area contributed by atoms with Gasteiger partial charge in [0.1, 0.15) is 12.4 Å². The second kappa shape index (κ2) is 7.13. The van der Waals surface area contributed by atoms with Gasteiger partial charge in [-0.25, -0.2) is 4.98 Å². The van der Waals surface area contributed by atoms with Crippen LogP contribution in [0.1, 0.15) is 17.0 Å². The molecule has 24 heavy (non-hydrogen) atoms. The third kappa shape index (κ3) is 3.54. The molecular formula is C20H20N2O2. The third-order valence-corrected chi connectivity index (χ3v) is 3.76. The maximum atomic E-state index is 6.10. The van der Waals surface area contributed by atoms with Crippen molar-refractivity contribution in [1.82, 2.24) is 9.97 Å². The number of hydrogen-bond donors (Lipinski definition) is 0. The molecular weight excluding hydrogens is 300 g/mol. The summed E-state index contributed by atoms with van der Waals surface area (Å²) in [5.74, 6) is 1.40. The predicted octanol–water partition coefficient (Wildman–Crippen LogP) is 4.35. The largest absolute Gasteiger partial charge is 0.488 e. The molecule has 0 atom stereocenters. The van der Waals surface area contributed by atoms with Gasteiger partial charge in [0.25, 0.3) is 0 Å². The summed E-state index contributed by atoms with van der Waals surface area (Å²) in [6.07, 6.45) is 1.79. The molecule has 0 spiro atoms. The summed E-state index contributed by atoms with van der Waals surface area (Å²) in [7, 11) is 1.61. The maximum absolute atomic E-state index is 6.10. The molecule has 122 valence electrons. The first kappa shape index (κ1) is 16.0. The fraction of sp³-hybridized carbons (Fsp3) is 0.200. The normalized spacial score (nSPS) is 10.5. The zero-order valence-corrected chi connectivity index (χ0v) is 14.1. The van der Waals surface area contributed by atoms with Gasteiger partial charge in [0.2, 0.25) is 5.88 Å². The minimum Gasteiger partial charge on any atom is -0.488 e. The van der Waals surface area contributed by atoms with E-state index in [2.05, 4.69) is 22.1 Å². The summed E-state index contributed by atoms with van der Waals surface area (Å²) >= 11 is 0. The highest BCUT2D eigenvalue weighted by molar-refractivity contribution is 5.72. The van der Waals surface area contributed by atoms with Crippen LogP contribution in [0, 0.1) is 13.8 Å². The van der Waals surface area contributed by atoms with Crippen molar-refractivity contribution in [3.05, 3.63) is 71.7 Å². The van der Waals surface area contributed by atoms with E-state index in [9.17, 15) is 0 Å². The topological polar surface area (TPSA) is 44.2 Å². The van der Waals surface area contributed by atoms with Gasteiger partial charge in [-0.1, -0.05) is 30.3 Å². The number of hydrogen-bond acceptors (Lipinski definition) is 4. The quantitative estimate of drug-likeness (QED) is 0.701. The number of methoxy groups -OCH3 is 1. The molecule has 2 heterocycles. The Morgan fingerprint density at radius 1 is 1.00 bits per heavy atom. The van der Waals surface area contributed by atoms with Crippen molar-refractivity contribution in [3.8, 4) is 22.8 Å². The highest BCUT2D eigenvalue weighted by Gasteiger charge is 2.13. The Morgan fingerprint density at radius 3 is 2.46 bits per heavy atom. The zero-order valence-electron chi connectivity index (χ0n) is 14.1.